The second-order valence-corrected chi connectivity index (χ2v) is 4.84. The minimum absolute atomic E-state index is 0.0473. The van der Waals surface area contributed by atoms with E-state index in [-0.39, 0.29) is 19.1 Å². The predicted molar refractivity (Wildman–Crippen MR) is 83.6 cm³/mol. The van der Waals surface area contributed by atoms with Gasteiger partial charge in [0.05, 0.1) is 6.61 Å². The minimum atomic E-state index is -0.455. The van der Waals surface area contributed by atoms with Crippen LogP contribution >= 0.6 is 0 Å². The van der Waals surface area contributed by atoms with Crippen LogP contribution in [0.5, 0.6) is 0 Å². The molecule has 6 nitrogen and oxygen atoms in total. The summed E-state index contributed by atoms with van der Waals surface area (Å²) in [7, 11) is 4.06. The molecule has 1 amide bonds. The number of ether oxygens (including phenoxy) is 1. The van der Waals surface area contributed by atoms with Crippen molar-refractivity contribution in [2.75, 3.05) is 33.9 Å². The first-order chi connectivity index (χ1) is 9.72. The Hall–Kier alpha value is -1.66. The molecule has 0 bridgehead atoms. The van der Waals surface area contributed by atoms with Crippen molar-refractivity contribution in [1.29, 1.82) is 0 Å². The number of hydrogen-bond acceptors (Lipinski definition) is 5. The third-order valence-corrected chi connectivity index (χ3v) is 2.32. The van der Waals surface area contributed by atoms with Gasteiger partial charge in [-0.2, -0.15) is 0 Å². The van der Waals surface area contributed by atoms with E-state index in [0.29, 0.717) is 11.1 Å². The number of esters is 1. The summed E-state index contributed by atoms with van der Waals surface area (Å²) >= 11 is 0. The number of hydrogen-bond donors (Lipinski definition) is 2. The Kier molecular flexibility index (Phi) is 13.7. The monoisotopic (exact) mass is 300 g/mol. The van der Waals surface area contributed by atoms with Crippen molar-refractivity contribution in [3.8, 4) is 0 Å². The highest BCUT2D eigenvalue weighted by Gasteiger charge is 1.99. The molecule has 0 aromatic rings. The Morgan fingerprint density at radius 3 is 2.29 bits per heavy atom. The lowest BCUT2D eigenvalue weighted by Gasteiger charge is -2.06. The second-order valence-electron chi connectivity index (χ2n) is 4.84. The molecule has 0 radical (unpaired) electrons. The molecule has 0 unspecified atom stereocenters. The number of aliphatic hydroxyl groups excluding tert-OH is 1. The number of primary amides is 1. The maximum Gasteiger partial charge on any atom is 0.333 e. The van der Waals surface area contributed by atoms with Crippen molar-refractivity contribution in [2.24, 2.45) is 5.73 Å². The number of aliphatic hydroxyl groups is 1. The van der Waals surface area contributed by atoms with E-state index < -0.39 is 5.97 Å². The Morgan fingerprint density at radius 2 is 1.90 bits per heavy atom. The van der Waals surface area contributed by atoms with E-state index in [4.69, 9.17) is 10.8 Å². The largest absolute Gasteiger partial charge is 0.460 e. The van der Waals surface area contributed by atoms with E-state index in [1.54, 1.807) is 13.8 Å². The lowest BCUT2D eigenvalue weighted by atomic mass is 10.2. The summed E-state index contributed by atoms with van der Waals surface area (Å²) in [5, 5.41) is 8.19. The van der Waals surface area contributed by atoms with Crippen LogP contribution in [0.2, 0.25) is 0 Å². The molecule has 0 aliphatic carbocycles. The molecule has 0 spiro atoms. The molecular formula is C15H28N2O4. The van der Waals surface area contributed by atoms with Gasteiger partial charge in [0.15, 0.2) is 0 Å². The number of allylic oxidation sites excluding steroid dienone is 1. The number of carbonyl (C=O) groups is 2. The number of carbonyl (C=O) groups excluding carboxylic acids is 2. The molecule has 0 saturated heterocycles. The van der Waals surface area contributed by atoms with Crippen molar-refractivity contribution in [3.05, 3.63) is 23.8 Å². The van der Waals surface area contributed by atoms with Crippen molar-refractivity contribution < 1.29 is 19.4 Å². The highest BCUT2D eigenvalue weighted by molar-refractivity contribution is 5.91. The third-order valence-electron chi connectivity index (χ3n) is 2.32. The minimum Gasteiger partial charge on any atom is -0.460 e. The molecule has 0 saturated carbocycles. The summed E-state index contributed by atoms with van der Waals surface area (Å²) in [6, 6.07) is 0. The molecule has 0 aliphatic heterocycles. The molecule has 122 valence electrons. The van der Waals surface area contributed by atoms with E-state index in [1.807, 2.05) is 20.2 Å². The SMILES string of the molecule is C=C(C)C(=O)OCCO.CC(=CCCCN(C)C)C(N)=O. The molecule has 0 aliphatic rings. The summed E-state index contributed by atoms with van der Waals surface area (Å²) < 4.78 is 4.46. The van der Waals surface area contributed by atoms with Gasteiger partial charge in [-0.15, -0.1) is 0 Å². The molecule has 0 rings (SSSR count). The van der Waals surface area contributed by atoms with E-state index in [2.05, 4.69) is 16.2 Å². The molecule has 0 aromatic heterocycles. The van der Waals surface area contributed by atoms with Crippen LogP contribution < -0.4 is 5.73 Å². The molecule has 21 heavy (non-hydrogen) atoms. The van der Waals surface area contributed by atoms with Crippen LogP contribution in [-0.2, 0) is 14.3 Å². The molecule has 0 aromatic carbocycles. The van der Waals surface area contributed by atoms with Crippen LogP contribution in [0.25, 0.3) is 0 Å². The average Bonchev–Trinajstić information content (AvgIpc) is 2.40. The molecule has 3 N–H and O–H groups in total. The van der Waals surface area contributed by atoms with Gasteiger partial charge in [0.25, 0.3) is 0 Å². The Bertz CT molecular complexity index is 363. The van der Waals surface area contributed by atoms with Crippen LogP contribution in [-0.4, -0.2) is 55.7 Å². The van der Waals surface area contributed by atoms with Crippen molar-refractivity contribution >= 4 is 11.9 Å². The van der Waals surface area contributed by atoms with Crippen LogP contribution in [0.4, 0.5) is 0 Å². The Labute approximate surface area is 127 Å². The zero-order chi connectivity index (χ0) is 16.8. The van der Waals surface area contributed by atoms with Crippen LogP contribution in [0, 0.1) is 0 Å². The van der Waals surface area contributed by atoms with E-state index in [9.17, 15) is 9.59 Å². The maximum atomic E-state index is 10.6. The molecular weight excluding hydrogens is 272 g/mol. The average molecular weight is 300 g/mol. The molecule has 6 heteroatoms. The standard InChI is InChI=1S/C9H18N2O.C6H10O3/c1-8(9(10)12)6-4-5-7-11(2)3;1-5(2)6(8)9-4-3-7/h6H,4-5,7H2,1-3H3,(H2,10,12);7H,1,3-4H2,2H3. The fourth-order valence-corrected chi connectivity index (χ4v) is 1.09. The highest BCUT2D eigenvalue weighted by atomic mass is 16.5. The summed E-state index contributed by atoms with van der Waals surface area (Å²) in [5.74, 6) is -0.774. The maximum absolute atomic E-state index is 10.6. The first-order valence-electron chi connectivity index (χ1n) is 6.77. The van der Waals surface area contributed by atoms with Crippen LogP contribution in [0.15, 0.2) is 23.8 Å². The van der Waals surface area contributed by atoms with Gasteiger partial charge in [-0.25, -0.2) is 4.79 Å². The molecule has 0 atom stereocenters. The van der Waals surface area contributed by atoms with E-state index >= 15 is 0 Å². The lowest BCUT2D eigenvalue weighted by molar-refractivity contribution is -0.139. The highest BCUT2D eigenvalue weighted by Crippen LogP contribution is 1.98. The number of unbranched alkanes of at least 4 members (excludes halogenated alkanes) is 1. The summed E-state index contributed by atoms with van der Waals surface area (Å²) in [4.78, 5) is 23.2. The fourth-order valence-electron chi connectivity index (χ4n) is 1.09. The lowest BCUT2D eigenvalue weighted by Crippen LogP contribution is -2.13. The zero-order valence-corrected chi connectivity index (χ0v) is 13.5. The van der Waals surface area contributed by atoms with Gasteiger partial charge in [0.1, 0.15) is 6.61 Å². The predicted octanol–water partition coefficient (Wildman–Crippen LogP) is 0.858. The number of nitrogens with two attached hydrogens (primary N) is 1. The van der Waals surface area contributed by atoms with Gasteiger partial charge in [0, 0.05) is 11.1 Å². The first kappa shape index (κ1) is 21.6. The molecule has 0 fully saturated rings. The third kappa shape index (κ3) is 16.3. The summed E-state index contributed by atoms with van der Waals surface area (Å²) in [5.41, 5.74) is 6.07. The molecule has 0 heterocycles. The van der Waals surface area contributed by atoms with E-state index in [0.717, 1.165) is 19.4 Å². The second kappa shape index (κ2) is 13.3. The van der Waals surface area contributed by atoms with Crippen molar-refractivity contribution in [1.82, 2.24) is 4.90 Å². The quantitative estimate of drug-likeness (QED) is 0.394. The van der Waals surface area contributed by atoms with Gasteiger partial charge in [-0.3, -0.25) is 4.79 Å². The van der Waals surface area contributed by atoms with Gasteiger partial charge in [-0.1, -0.05) is 12.7 Å². The zero-order valence-electron chi connectivity index (χ0n) is 13.5. The normalized spacial score (nSPS) is 10.7. The fraction of sp³-hybridized carbons (Fsp3) is 0.600. The van der Waals surface area contributed by atoms with Gasteiger partial charge in [0.2, 0.25) is 5.91 Å². The number of rotatable bonds is 8. The van der Waals surface area contributed by atoms with Crippen LogP contribution in [0.1, 0.15) is 26.7 Å². The van der Waals surface area contributed by atoms with Crippen molar-refractivity contribution in [2.45, 2.75) is 26.7 Å². The summed E-state index contributed by atoms with van der Waals surface area (Å²) in [6.45, 7) is 7.61. The number of amides is 1. The Morgan fingerprint density at radius 1 is 1.33 bits per heavy atom. The number of nitrogens with zero attached hydrogens (tertiary/aromatic N) is 1. The van der Waals surface area contributed by atoms with Crippen molar-refractivity contribution in [3.63, 3.8) is 0 Å². The van der Waals surface area contributed by atoms with E-state index in [1.165, 1.54) is 0 Å². The Balaban J connectivity index is 0. The summed E-state index contributed by atoms with van der Waals surface area (Å²) in [6.07, 6.45) is 3.89. The van der Waals surface area contributed by atoms with Gasteiger partial charge < -0.3 is 20.5 Å². The smallest absolute Gasteiger partial charge is 0.333 e. The van der Waals surface area contributed by atoms with Crippen LogP contribution in [0.3, 0.4) is 0 Å². The van der Waals surface area contributed by atoms with Gasteiger partial charge in [-0.05, 0) is 47.3 Å². The van der Waals surface area contributed by atoms with Gasteiger partial charge >= 0.3 is 5.97 Å². The topological polar surface area (TPSA) is 92.9 Å². The first-order valence-corrected chi connectivity index (χ1v) is 6.77.